The molecule has 0 N–H and O–H groups in total. The van der Waals surface area contributed by atoms with Crippen molar-refractivity contribution in [3.05, 3.63) is 59.8 Å². The Labute approximate surface area is 148 Å². The van der Waals surface area contributed by atoms with Crippen molar-refractivity contribution in [2.45, 2.75) is 26.8 Å². The maximum absolute atomic E-state index is 11.4. The maximum Gasteiger partial charge on any atom is 0.152 e. The van der Waals surface area contributed by atoms with Gasteiger partial charge in [0.2, 0.25) is 0 Å². The lowest BCUT2D eigenvalue weighted by molar-refractivity contribution is 0.112. The molecule has 25 heavy (non-hydrogen) atoms. The van der Waals surface area contributed by atoms with Gasteiger partial charge in [-0.05, 0) is 56.2 Å². The van der Waals surface area contributed by atoms with E-state index in [2.05, 4.69) is 17.6 Å². The summed E-state index contributed by atoms with van der Waals surface area (Å²) in [4.78, 5) is 11.4. The van der Waals surface area contributed by atoms with Gasteiger partial charge < -0.3 is 14.0 Å². The minimum Gasteiger partial charge on any atom is -0.494 e. The molecule has 0 unspecified atom stereocenters. The van der Waals surface area contributed by atoms with Gasteiger partial charge in [-0.3, -0.25) is 4.79 Å². The Kier molecular flexibility index (Phi) is 5.39. The first kappa shape index (κ1) is 17.1. The first-order chi connectivity index (χ1) is 12.2. The lowest BCUT2D eigenvalue weighted by Crippen LogP contribution is -2.04. The molecule has 3 rings (SSSR count). The number of aromatic nitrogens is 1. The van der Waals surface area contributed by atoms with E-state index in [9.17, 15) is 4.79 Å². The van der Waals surface area contributed by atoms with E-state index >= 15 is 0 Å². The topological polar surface area (TPSA) is 40.5 Å². The van der Waals surface area contributed by atoms with Crippen molar-refractivity contribution >= 4 is 17.2 Å². The van der Waals surface area contributed by atoms with Crippen LogP contribution in [-0.4, -0.2) is 24.1 Å². The zero-order valence-corrected chi connectivity index (χ0v) is 14.7. The van der Waals surface area contributed by atoms with Gasteiger partial charge in [0.25, 0.3) is 0 Å². The van der Waals surface area contributed by atoms with Crippen LogP contribution in [0, 0.1) is 6.92 Å². The Hall–Kier alpha value is -2.75. The summed E-state index contributed by atoms with van der Waals surface area (Å²) in [5.41, 5.74) is 2.92. The molecule has 1 aromatic heterocycles. The van der Waals surface area contributed by atoms with Crippen molar-refractivity contribution in [2.24, 2.45) is 0 Å². The molecule has 2 aromatic carbocycles. The van der Waals surface area contributed by atoms with Crippen LogP contribution in [0.2, 0.25) is 0 Å². The highest BCUT2D eigenvalue weighted by Gasteiger charge is 2.09. The molecule has 4 nitrogen and oxygen atoms in total. The number of carbonyl (C=O) groups excluding carboxylic acids is 1. The molecule has 0 aliphatic carbocycles. The summed E-state index contributed by atoms with van der Waals surface area (Å²) >= 11 is 0. The molecule has 0 saturated carbocycles. The van der Waals surface area contributed by atoms with Crippen molar-refractivity contribution < 1.29 is 14.3 Å². The molecule has 0 amide bonds. The van der Waals surface area contributed by atoms with Gasteiger partial charge in [0, 0.05) is 29.2 Å². The van der Waals surface area contributed by atoms with Crippen molar-refractivity contribution in [2.75, 3.05) is 13.2 Å². The van der Waals surface area contributed by atoms with E-state index in [4.69, 9.17) is 9.47 Å². The van der Waals surface area contributed by atoms with Crippen LogP contribution in [0.3, 0.4) is 0 Å². The van der Waals surface area contributed by atoms with Gasteiger partial charge in [-0.25, -0.2) is 0 Å². The Morgan fingerprint density at radius 2 is 1.92 bits per heavy atom. The van der Waals surface area contributed by atoms with Crippen LogP contribution in [-0.2, 0) is 6.54 Å². The van der Waals surface area contributed by atoms with Crippen LogP contribution in [0.15, 0.2) is 48.7 Å². The third-order valence-corrected chi connectivity index (χ3v) is 4.12. The molecule has 4 heteroatoms. The van der Waals surface area contributed by atoms with Crippen molar-refractivity contribution in [3.63, 3.8) is 0 Å². The average molecular weight is 337 g/mol. The van der Waals surface area contributed by atoms with E-state index in [1.165, 1.54) is 5.56 Å². The fourth-order valence-electron chi connectivity index (χ4n) is 2.97. The summed E-state index contributed by atoms with van der Waals surface area (Å²) in [5.74, 6) is 1.69. The monoisotopic (exact) mass is 337 g/mol. The smallest absolute Gasteiger partial charge is 0.152 e. The molecular formula is C21H23NO3. The predicted molar refractivity (Wildman–Crippen MR) is 99.8 cm³/mol. The second kappa shape index (κ2) is 7.88. The third kappa shape index (κ3) is 4.02. The van der Waals surface area contributed by atoms with E-state index in [-0.39, 0.29) is 0 Å². The molecule has 0 radical (unpaired) electrons. The SMILES string of the molecule is CCOc1ccc2c(c1)c(C=O)cn2CCCOc1cccc(C)c1. The van der Waals surface area contributed by atoms with E-state index in [0.29, 0.717) is 18.8 Å². The maximum atomic E-state index is 11.4. The minimum atomic E-state index is 0.610. The molecule has 0 atom stereocenters. The van der Waals surface area contributed by atoms with Crippen molar-refractivity contribution in [1.82, 2.24) is 4.57 Å². The highest BCUT2D eigenvalue weighted by atomic mass is 16.5. The number of hydrogen-bond donors (Lipinski definition) is 0. The van der Waals surface area contributed by atoms with Crippen LogP contribution >= 0.6 is 0 Å². The van der Waals surface area contributed by atoms with Crippen molar-refractivity contribution in [3.8, 4) is 11.5 Å². The molecule has 1 heterocycles. The summed E-state index contributed by atoms with van der Waals surface area (Å²) in [6.07, 6.45) is 3.67. The van der Waals surface area contributed by atoms with E-state index in [1.807, 2.05) is 49.5 Å². The quantitative estimate of drug-likeness (QED) is 0.444. The fraction of sp³-hybridized carbons (Fsp3) is 0.286. The molecule has 130 valence electrons. The number of aryl methyl sites for hydroxylation is 2. The summed E-state index contributed by atoms with van der Waals surface area (Å²) in [6.45, 7) is 6.04. The molecule has 0 saturated heterocycles. The standard InChI is InChI=1S/C21H23NO3/c1-3-24-19-8-9-21-20(13-19)17(15-23)14-22(21)10-5-11-25-18-7-4-6-16(2)12-18/h4,6-9,12-15H,3,5,10-11H2,1-2H3. The zero-order valence-electron chi connectivity index (χ0n) is 14.7. The number of carbonyl (C=O) groups is 1. The molecular weight excluding hydrogens is 314 g/mol. The number of aldehydes is 1. The highest BCUT2D eigenvalue weighted by molar-refractivity contribution is 5.98. The molecule has 0 aliphatic rings. The Balaban J connectivity index is 1.67. The van der Waals surface area contributed by atoms with Gasteiger partial charge in [0.15, 0.2) is 6.29 Å². The summed E-state index contributed by atoms with van der Waals surface area (Å²) in [5, 5.41) is 0.931. The number of hydrogen-bond acceptors (Lipinski definition) is 3. The molecule has 0 spiro atoms. The van der Waals surface area contributed by atoms with Crippen LogP contribution in [0.1, 0.15) is 29.3 Å². The predicted octanol–water partition coefficient (Wildman–Crippen LogP) is 4.63. The lowest BCUT2D eigenvalue weighted by Gasteiger charge is -2.09. The second-order valence-electron chi connectivity index (χ2n) is 6.03. The Morgan fingerprint density at radius 3 is 2.68 bits per heavy atom. The largest absolute Gasteiger partial charge is 0.494 e. The fourth-order valence-corrected chi connectivity index (χ4v) is 2.97. The average Bonchev–Trinajstić information content (AvgIpc) is 2.96. The number of fused-ring (bicyclic) bond motifs is 1. The Bertz CT molecular complexity index is 867. The summed E-state index contributed by atoms with van der Waals surface area (Å²) < 4.78 is 13.4. The van der Waals surface area contributed by atoms with Crippen LogP contribution in [0.4, 0.5) is 0 Å². The van der Waals surface area contributed by atoms with Gasteiger partial charge in [0.1, 0.15) is 11.5 Å². The lowest BCUT2D eigenvalue weighted by atomic mass is 10.2. The minimum absolute atomic E-state index is 0.610. The number of nitrogens with zero attached hydrogens (tertiary/aromatic N) is 1. The molecule has 0 aliphatic heterocycles. The number of ether oxygens (including phenoxy) is 2. The molecule has 0 fully saturated rings. The summed E-state index contributed by atoms with van der Waals surface area (Å²) in [6, 6.07) is 13.9. The third-order valence-electron chi connectivity index (χ3n) is 4.12. The first-order valence-electron chi connectivity index (χ1n) is 8.61. The van der Waals surface area contributed by atoms with Gasteiger partial charge in [0.05, 0.1) is 13.2 Å². The second-order valence-corrected chi connectivity index (χ2v) is 6.03. The van der Waals surface area contributed by atoms with E-state index < -0.39 is 0 Å². The summed E-state index contributed by atoms with van der Waals surface area (Å²) in [7, 11) is 0. The number of benzene rings is 2. The van der Waals surface area contributed by atoms with E-state index in [1.54, 1.807) is 0 Å². The Morgan fingerprint density at radius 1 is 1.08 bits per heavy atom. The van der Waals surface area contributed by atoms with Crippen LogP contribution in [0.5, 0.6) is 11.5 Å². The van der Waals surface area contributed by atoms with Crippen molar-refractivity contribution in [1.29, 1.82) is 0 Å². The van der Waals surface area contributed by atoms with Gasteiger partial charge >= 0.3 is 0 Å². The molecule has 0 bridgehead atoms. The van der Waals surface area contributed by atoms with Crippen LogP contribution in [0.25, 0.3) is 10.9 Å². The first-order valence-corrected chi connectivity index (χ1v) is 8.61. The van der Waals surface area contributed by atoms with Gasteiger partial charge in [-0.15, -0.1) is 0 Å². The highest BCUT2D eigenvalue weighted by Crippen LogP contribution is 2.25. The number of rotatable bonds is 8. The normalized spacial score (nSPS) is 10.8. The van der Waals surface area contributed by atoms with Gasteiger partial charge in [-0.2, -0.15) is 0 Å². The molecule has 3 aromatic rings. The van der Waals surface area contributed by atoms with Gasteiger partial charge in [-0.1, -0.05) is 12.1 Å². The zero-order chi connectivity index (χ0) is 17.6. The van der Waals surface area contributed by atoms with Crippen LogP contribution < -0.4 is 9.47 Å². The van der Waals surface area contributed by atoms with E-state index in [0.717, 1.165) is 41.7 Å².